The highest BCUT2D eigenvalue weighted by molar-refractivity contribution is 7.17. The first-order chi connectivity index (χ1) is 6.74. The van der Waals surface area contributed by atoms with Gasteiger partial charge in [0.15, 0.2) is 0 Å². The van der Waals surface area contributed by atoms with Crippen molar-refractivity contribution in [3.63, 3.8) is 0 Å². The fourth-order valence-corrected chi connectivity index (χ4v) is 3.26. The van der Waals surface area contributed by atoms with E-state index in [1.54, 1.807) is 0 Å². The van der Waals surface area contributed by atoms with Crippen LogP contribution in [0.4, 0.5) is 0 Å². The van der Waals surface area contributed by atoms with Crippen LogP contribution in [0, 0.1) is 10.8 Å². The molecule has 2 aliphatic heterocycles. The highest BCUT2D eigenvalue weighted by Gasteiger charge is 2.57. The first-order valence-corrected chi connectivity index (χ1v) is 6.53. The molecule has 1 N–H and O–H groups in total. The van der Waals surface area contributed by atoms with Crippen LogP contribution >= 0.6 is 9.24 Å². The van der Waals surface area contributed by atoms with Crippen molar-refractivity contribution >= 4 is 15.6 Å². The number of rotatable bonds is 0. The Labute approximate surface area is 95.7 Å². The van der Waals surface area contributed by atoms with Gasteiger partial charge < -0.3 is 0 Å². The summed E-state index contributed by atoms with van der Waals surface area (Å²) in [6.07, 6.45) is 3.46. The van der Waals surface area contributed by atoms with Gasteiger partial charge in [-0.1, -0.05) is 43.9 Å². The van der Waals surface area contributed by atoms with E-state index < -0.39 is 0 Å². The van der Waals surface area contributed by atoms with Crippen molar-refractivity contribution in [2.75, 3.05) is 0 Å². The monoisotopic (exact) mass is 227 g/mol. The lowest BCUT2D eigenvalue weighted by atomic mass is 9.69. The molecule has 0 aromatic heterocycles. The van der Waals surface area contributed by atoms with Crippen LogP contribution in [-0.4, -0.2) is 28.8 Å². The Morgan fingerprint density at radius 2 is 2.00 bits per heavy atom. The molecule has 2 heterocycles. The molecule has 4 unspecified atom stereocenters. The van der Waals surface area contributed by atoms with Gasteiger partial charge in [-0.15, -0.1) is 0 Å². The molecule has 1 fully saturated rings. The molecule has 2 rings (SSSR count). The minimum Gasteiger partial charge on any atom is -0.278 e. The largest absolute Gasteiger partial charge is 0.278 e. The normalized spacial score (nSPS) is 38.5. The summed E-state index contributed by atoms with van der Waals surface area (Å²) < 4.78 is 2.45. The summed E-state index contributed by atoms with van der Waals surface area (Å²) in [5.74, 6) is 0.593. The molecule has 0 bridgehead atoms. The van der Waals surface area contributed by atoms with Gasteiger partial charge in [0.05, 0.1) is 0 Å². The van der Waals surface area contributed by atoms with Gasteiger partial charge in [-0.25, -0.2) is 0 Å². The molecule has 0 saturated carbocycles. The zero-order valence-electron chi connectivity index (χ0n) is 10.5. The van der Waals surface area contributed by atoms with Gasteiger partial charge in [-0.2, -0.15) is 0 Å². The Kier molecular flexibility index (Phi) is 2.43. The van der Waals surface area contributed by atoms with Crippen LogP contribution < -0.4 is 5.32 Å². The van der Waals surface area contributed by atoms with Crippen molar-refractivity contribution in [3.8, 4) is 0 Å². The van der Waals surface area contributed by atoms with Crippen LogP contribution in [0.15, 0.2) is 0 Å². The van der Waals surface area contributed by atoms with Crippen LogP contribution in [-0.2, 0) is 0 Å². The Hall–Kier alpha value is -0.100. The van der Waals surface area contributed by atoms with Crippen molar-refractivity contribution in [2.24, 2.45) is 10.8 Å². The molecule has 0 radical (unpaired) electrons. The highest BCUT2D eigenvalue weighted by Crippen LogP contribution is 2.47. The predicted octanol–water partition coefficient (Wildman–Crippen LogP) is 2.04. The first-order valence-electron chi connectivity index (χ1n) is 5.87. The van der Waals surface area contributed by atoms with E-state index in [1.807, 2.05) is 0 Å². The molecule has 0 amide bonds. The van der Waals surface area contributed by atoms with Crippen LogP contribution in [0.2, 0.25) is 0 Å². The Bertz CT molecular complexity index is 301. The average Bonchev–Trinajstić information content (AvgIpc) is 2.15. The third kappa shape index (κ3) is 1.62. The fraction of sp³-hybridized carbons (Fsp3) is 0.917. The van der Waals surface area contributed by atoms with Crippen LogP contribution in [0.5, 0.6) is 0 Å². The lowest BCUT2D eigenvalue weighted by Gasteiger charge is -2.53. The van der Waals surface area contributed by atoms with Crippen LogP contribution in [0.25, 0.3) is 0 Å². The minimum atomic E-state index is 0.352. The molecule has 86 valence electrons. The summed E-state index contributed by atoms with van der Waals surface area (Å²) in [4.78, 5) is 0. The second-order valence-electron chi connectivity index (χ2n) is 6.68. The number of hydrogen-bond donors (Lipinski definition) is 1. The number of nitrogens with one attached hydrogen (secondary N) is 1. The van der Waals surface area contributed by atoms with Crippen LogP contribution in [0.1, 0.15) is 41.0 Å². The van der Waals surface area contributed by atoms with Crippen molar-refractivity contribution < 1.29 is 4.58 Å². The SMILES string of the molecule is CC(C)(C)C1CC2[N+](=CN1)C(P)C2(C)C. The number of hydrogen-bond acceptors (Lipinski definition) is 1. The zero-order valence-corrected chi connectivity index (χ0v) is 11.7. The molecular weight excluding hydrogens is 203 g/mol. The lowest BCUT2D eigenvalue weighted by molar-refractivity contribution is -0.684. The molecule has 0 aliphatic carbocycles. The Balaban J connectivity index is 2.17. The van der Waals surface area contributed by atoms with Gasteiger partial charge in [0.25, 0.3) is 0 Å². The van der Waals surface area contributed by atoms with Gasteiger partial charge in [-0.3, -0.25) is 9.89 Å². The van der Waals surface area contributed by atoms with E-state index in [4.69, 9.17) is 0 Å². The summed E-state index contributed by atoms with van der Waals surface area (Å²) in [6.45, 7) is 11.7. The summed E-state index contributed by atoms with van der Waals surface area (Å²) >= 11 is 0. The zero-order chi connectivity index (χ0) is 11.4. The smallest absolute Gasteiger partial charge is 0.232 e. The predicted molar refractivity (Wildman–Crippen MR) is 68.4 cm³/mol. The van der Waals surface area contributed by atoms with E-state index >= 15 is 0 Å². The van der Waals surface area contributed by atoms with Gasteiger partial charge in [-0.05, 0) is 0 Å². The molecule has 3 heteroatoms. The van der Waals surface area contributed by atoms with E-state index in [-0.39, 0.29) is 0 Å². The Morgan fingerprint density at radius 1 is 1.40 bits per heavy atom. The topological polar surface area (TPSA) is 15.0 Å². The standard InChI is InChI=1S/C12H23N2P/c1-11(2,3)8-6-9-12(4,5)10(15)14(9)7-13-8/h7-10H,6,15H2,1-5H3/p+1. The minimum absolute atomic E-state index is 0.352. The molecular formula is C12H24N2P+. The summed E-state index contributed by atoms with van der Waals surface area (Å²) in [5, 5.41) is 3.55. The van der Waals surface area contributed by atoms with E-state index in [2.05, 4.69) is 60.1 Å². The molecule has 0 spiro atoms. The van der Waals surface area contributed by atoms with Gasteiger partial charge >= 0.3 is 0 Å². The van der Waals surface area contributed by atoms with E-state index in [9.17, 15) is 0 Å². The highest BCUT2D eigenvalue weighted by atomic mass is 31.0. The van der Waals surface area contributed by atoms with E-state index in [0.29, 0.717) is 28.7 Å². The molecule has 2 aliphatic rings. The number of fused-ring (bicyclic) bond motifs is 1. The summed E-state index contributed by atoms with van der Waals surface area (Å²) in [7, 11) is 2.96. The maximum absolute atomic E-state index is 3.55. The van der Waals surface area contributed by atoms with E-state index in [0.717, 1.165) is 0 Å². The van der Waals surface area contributed by atoms with Crippen molar-refractivity contribution in [1.82, 2.24) is 5.32 Å². The molecule has 0 aromatic rings. The lowest BCUT2D eigenvalue weighted by Crippen LogP contribution is -2.68. The van der Waals surface area contributed by atoms with Gasteiger partial charge in [0, 0.05) is 17.3 Å². The molecule has 4 atom stereocenters. The third-order valence-electron chi connectivity index (χ3n) is 4.23. The fourth-order valence-electron chi connectivity index (χ4n) is 2.74. The van der Waals surface area contributed by atoms with Gasteiger partial charge in [0.1, 0.15) is 17.9 Å². The molecule has 1 saturated heterocycles. The average molecular weight is 227 g/mol. The van der Waals surface area contributed by atoms with E-state index in [1.165, 1.54) is 6.42 Å². The van der Waals surface area contributed by atoms with Crippen molar-refractivity contribution in [3.05, 3.63) is 0 Å². The third-order valence-corrected chi connectivity index (χ3v) is 5.43. The molecule has 2 nitrogen and oxygen atoms in total. The quantitative estimate of drug-likeness (QED) is 0.494. The van der Waals surface area contributed by atoms with Crippen molar-refractivity contribution in [2.45, 2.75) is 58.9 Å². The second-order valence-corrected chi connectivity index (χ2v) is 7.31. The Morgan fingerprint density at radius 3 is 2.53 bits per heavy atom. The number of nitrogens with zero attached hydrogens (tertiary/aromatic N) is 1. The van der Waals surface area contributed by atoms with Crippen LogP contribution in [0.3, 0.4) is 0 Å². The first kappa shape index (κ1) is 11.4. The van der Waals surface area contributed by atoms with Crippen molar-refractivity contribution in [1.29, 1.82) is 0 Å². The maximum Gasteiger partial charge on any atom is 0.232 e. The second kappa shape index (κ2) is 3.20. The maximum atomic E-state index is 3.55. The van der Waals surface area contributed by atoms with Gasteiger partial charge in [0.2, 0.25) is 6.34 Å². The molecule has 15 heavy (non-hydrogen) atoms. The summed E-state index contributed by atoms with van der Waals surface area (Å²) in [6, 6.07) is 1.32. The molecule has 0 aromatic carbocycles. The summed E-state index contributed by atoms with van der Waals surface area (Å²) in [5.41, 5.74) is 0.789.